The minimum Gasteiger partial charge on any atom is -0.478 e. The molecule has 0 aliphatic rings. The van der Waals surface area contributed by atoms with Gasteiger partial charge in [-0.25, -0.2) is 108 Å². The van der Waals surface area contributed by atoms with Gasteiger partial charge in [0.2, 0.25) is 5.69 Å². The number of rotatable bonds is 22. The number of methoxy groups -OCH3 is 4. The second-order valence-electron chi connectivity index (χ2n) is 26.0. The molecule has 4 aromatic carbocycles. The maximum Gasteiger partial charge on any atom is 0.356 e. The van der Waals surface area contributed by atoms with E-state index in [4.69, 9.17) is 33.4 Å². The van der Waals surface area contributed by atoms with Gasteiger partial charge in [0.05, 0.1) is 50.6 Å². The second kappa shape index (κ2) is 72.2. The van der Waals surface area contributed by atoms with Crippen LogP contribution >= 0.6 is 79.3 Å². The molecule has 0 fully saturated rings. The van der Waals surface area contributed by atoms with Crippen molar-refractivity contribution in [3.63, 3.8) is 0 Å². The molecule has 0 saturated heterocycles. The smallest absolute Gasteiger partial charge is 0.356 e. The summed E-state index contributed by atoms with van der Waals surface area (Å²) in [6, 6.07) is 31.7. The molecular formula is C97H107Br2Cl2F8N15O18S2. The normalized spacial score (nSPS) is 9.26. The van der Waals surface area contributed by atoms with E-state index < -0.39 is 106 Å². The molecule has 9 heterocycles. The molecular weight excluding hydrogens is 2110 g/mol. The highest BCUT2D eigenvalue weighted by Crippen LogP contribution is 2.19. The zero-order valence-corrected chi connectivity index (χ0v) is 78.6. The Kier molecular flexibility index (Phi) is 68.9. The molecule has 144 heavy (non-hydrogen) atoms. The first-order chi connectivity index (χ1) is 64.2. The van der Waals surface area contributed by atoms with Crippen molar-refractivity contribution in [1.29, 1.82) is 0 Å². The largest absolute Gasteiger partial charge is 0.478 e. The molecule has 0 aliphatic carbocycles. The minimum atomic E-state index is -1.34. The van der Waals surface area contributed by atoms with E-state index in [0.717, 1.165) is 82.8 Å². The maximum absolute atomic E-state index is 13.2. The number of carboxylic acid groups (broad SMARTS) is 3. The summed E-state index contributed by atoms with van der Waals surface area (Å²) in [4.78, 5) is 163. The maximum atomic E-state index is 13.2. The summed E-state index contributed by atoms with van der Waals surface area (Å²) in [6.07, 6.45) is 14.6. The number of nitrogens with zero attached hydrogens (tertiary/aromatic N) is 10. The summed E-state index contributed by atoms with van der Waals surface area (Å²) in [6.45, 7) is 11.9. The highest BCUT2D eigenvalue weighted by atomic mass is 79.9. The third-order valence-electron chi connectivity index (χ3n) is 16.1. The van der Waals surface area contributed by atoms with Crippen LogP contribution in [0.25, 0.3) is 4.85 Å². The lowest BCUT2D eigenvalue weighted by molar-refractivity contribution is 0.0585. The number of thiazole rings is 2. The fourth-order valence-electron chi connectivity index (χ4n) is 9.63. The molecule has 0 spiro atoms. The predicted octanol–water partition coefficient (Wildman–Crippen LogP) is 20.7. The molecule has 0 bridgehead atoms. The number of carbonyl (C=O) groups excluding carboxylic acids is 8. The van der Waals surface area contributed by atoms with Crippen molar-refractivity contribution >= 4 is 150 Å². The van der Waals surface area contributed by atoms with Gasteiger partial charge in [-0.05, 0) is 178 Å². The van der Waals surface area contributed by atoms with Gasteiger partial charge in [0.15, 0.2) is 5.78 Å². The number of hydrogen-bond donors (Lipinski definition) is 8. The number of nitrogens with two attached hydrogens (primary N) is 2. The van der Waals surface area contributed by atoms with Gasteiger partial charge in [0.1, 0.15) is 86.4 Å². The minimum absolute atomic E-state index is 0. The van der Waals surface area contributed by atoms with Crippen LogP contribution in [0, 0.1) is 67.0 Å². The first-order valence-electron chi connectivity index (χ1n) is 38.1. The first-order valence-corrected chi connectivity index (χ1v) is 41.3. The summed E-state index contributed by atoms with van der Waals surface area (Å²) < 4.78 is 122. The number of carbonyl (C=O) groups is 11. The van der Waals surface area contributed by atoms with E-state index in [1.165, 1.54) is 95.8 Å². The van der Waals surface area contributed by atoms with Crippen LogP contribution in [0.3, 0.4) is 0 Å². The Balaban J connectivity index is -0.000000513. The first kappa shape index (κ1) is 137. The van der Waals surface area contributed by atoms with E-state index in [-0.39, 0.29) is 147 Å². The number of nitrogens with one attached hydrogen (secondary N) is 3. The standard InChI is InChI=1S/C20H17F2N3O2S.C15H12F2N2O3.C14H10F2N2O3.C8H6N2O2.C8H10N2O2.C7H6BrNO2.C7H4F2O2.C6H4BrNO2.C5H8N2S.7CH4.2ClH/c1-12-23-11-17(28-12)3-5-19(26)18-4-2-13(9-24-18)10-25-20(27)14-6-15(21)8-16(22)7-14;1-22-15(21)13-3-2-9(7-18-13)8-19-14(20)10-4-11(16)6-12(17)5-10;15-10-3-9(4-11(16)5-10)13(19)18-7-8-1-2-12(14(20)21)17-6-8;1-9-6-3-4-7(10-5-6)8(11)12-2;1-12-8(11)7-3-2-6(4-9)5-10-7;1-11-7(10)6-3-2-5(8)4-9-6;8-5-1-4(7(10)11)2-6(9)3-5;7-4-1-2-5(6(9)10)8-3-4;1-4-7-3-5(2-6)8-4;;;;;;;;;/h2,4,6-9,11H,3,5,10H2,1H3,(H,25,27);2-7H,8H2,1H3,(H,19,20);1-6H,7H2,(H,18,19)(H,20,21);3-5H,2H3;2-3,5H,4,9H2,1H3;2-4H,1H3;1-3H,(H,10,11);1-3H,(H,9,10);3H,2,6H2,1H3;7*1H4;2*1H. The van der Waals surface area contributed by atoms with Gasteiger partial charge in [0, 0.05) is 155 Å². The average molecular weight is 2220 g/mol. The van der Waals surface area contributed by atoms with Crippen LogP contribution in [0.2, 0.25) is 0 Å². The van der Waals surface area contributed by atoms with Crippen molar-refractivity contribution in [3.8, 4) is 0 Å². The van der Waals surface area contributed by atoms with Crippen molar-refractivity contribution in [2.45, 2.75) is 111 Å². The number of hydrogen-bond acceptors (Lipinski definition) is 28. The Morgan fingerprint density at radius 2 is 0.618 bits per heavy atom. The number of aryl methyl sites for hydroxylation is 3. The summed E-state index contributed by atoms with van der Waals surface area (Å²) in [5, 5.41) is 35.0. The molecule has 10 N–H and O–H groups in total. The SMILES string of the molecule is C.C.C.C.C.C.C.COC(=O)c1ccc(Br)cn1.COC(=O)c1ccc(CN)cn1.COC(=O)c1ccc(CNC(=O)c2cc(F)cc(F)c2)cn1.Cc1ncc(CCC(=O)c2ccc(CNC(=O)c3cc(F)cc(F)c3)cn2)s1.Cc1ncc(CN)s1.Cl.Cl.O=C(NCc1ccc(C(=O)O)nc1)c1cc(F)cc(F)c1.O=C(O)c1cc(F)cc(F)c1.O=C(O)c1ccc(Br)cn1.[C-]#[N+]c1ccc(C(=O)OC)nc1. The third-order valence-corrected chi connectivity index (χ3v) is 19.0. The molecule has 33 nitrogen and oxygen atoms in total. The summed E-state index contributed by atoms with van der Waals surface area (Å²) in [7, 11) is 5.18. The Hall–Kier alpha value is -15.1. The molecule has 774 valence electrons. The number of pyridine rings is 7. The Bertz CT molecular complexity index is 6180. The van der Waals surface area contributed by atoms with Crippen molar-refractivity contribution in [3.05, 3.63) is 385 Å². The monoisotopic (exact) mass is 2210 g/mol. The van der Waals surface area contributed by atoms with Crippen LogP contribution in [0.15, 0.2) is 222 Å². The number of amides is 3. The third kappa shape index (κ3) is 50.9. The van der Waals surface area contributed by atoms with Gasteiger partial charge in [0.25, 0.3) is 17.7 Å². The second-order valence-corrected chi connectivity index (χ2v) is 30.5. The summed E-state index contributed by atoms with van der Waals surface area (Å²) in [5.41, 5.74) is 14.4. The van der Waals surface area contributed by atoms with Crippen LogP contribution in [-0.4, -0.2) is 154 Å². The van der Waals surface area contributed by atoms with Gasteiger partial charge < -0.3 is 61.7 Å². The van der Waals surface area contributed by atoms with Gasteiger partial charge >= 0.3 is 41.8 Å². The molecule has 0 aliphatic heterocycles. The van der Waals surface area contributed by atoms with Crippen LogP contribution in [0.1, 0.15) is 215 Å². The Morgan fingerprint density at radius 3 is 0.854 bits per heavy atom. The number of aromatic carboxylic acids is 3. The Labute approximate surface area is 863 Å². The molecule has 0 radical (unpaired) electrons. The van der Waals surface area contributed by atoms with Crippen LogP contribution in [-0.2, 0) is 58.1 Å². The number of benzene rings is 4. The average Bonchev–Trinajstić information content (AvgIpc) is 1.13. The van der Waals surface area contributed by atoms with Crippen LogP contribution in [0.4, 0.5) is 40.8 Å². The van der Waals surface area contributed by atoms with Crippen LogP contribution < -0.4 is 27.4 Å². The topological polar surface area (TPSA) is 494 Å². The molecule has 9 aromatic heterocycles. The lowest BCUT2D eigenvalue weighted by Gasteiger charge is -2.06. The predicted molar refractivity (Wildman–Crippen MR) is 540 cm³/mol. The molecule has 0 atom stereocenters. The zero-order valence-electron chi connectivity index (χ0n) is 72.2. The zero-order chi connectivity index (χ0) is 99.8. The lowest BCUT2D eigenvalue weighted by atomic mass is 10.1. The van der Waals surface area contributed by atoms with Crippen LogP contribution in [0.5, 0.6) is 0 Å². The molecule has 47 heteroatoms. The number of Topliss-reactive ketones (excluding diaryl/α,β-unsaturated/α-hetero) is 1. The summed E-state index contributed by atoms with van der Waals surface area (Å²) >= 11 is 9.56. The van der Waals surface area contributed by atoms with Gasteiger partial charge in [-0.2, -0.15) is 0 Å². The van der Waals surface area contributed by atoms with Crippen molar-refractivity contribution in [1.82, 2.24) is 60.8 Å². The van der Waals surface area contributed by atoms with E-state index in [1.54, 1.807) is 89.8 Å². The highest BCUT2D eigenvalue weighted by Gasteiger charge is 2.17. The lowest BCUT2D eigenvalue weighted by Crippen LogP contribution is -2.23. The molecule has 13 aromatic rings. The van der Waals surface area contributed by atoms with Crippen molar-refractivity contribution in [2.75, 3.05) is 28.4 Å². The summed E-state index contributed by atoms with van der Waals surface area (Å²) in [5.74, 6) is -14.1. The number of ether oxygens (including phenoxy) is 4. The van der Waals surface area contributed by atoms with Gasteiger partial charge in [-0.3, -0.25) is 29.1 Å². The van der Waals surface area contributed by atoms with E-state index >= 15 is 0 Å². The molecule has 3 amide bonds. The molecule has 0 unspecified atom stereocenters. The number of carboxylic acids is 3. The fraction of sp³-hybridized carbons (Fsp3) is 0.206. The highest BCUT2D eigenvalue weighted by molar-refractivity contribution is 9.10. The Morgan fingerprint density at radius 1 is 0.347 bits per heavy atom. The molecule has 0 saturated carbocycles. The fourth-order valence-corrected chi connectivity index (χ4v) is 11.6. The number of halogens is 12. The van der Waals surface area contributed by atoms with Crippen molar-refractivity contribution < 1.29 is 122 Å². The number of aromatic nitrogens is 9. The van der Waals surface area contributed by atoms with E-state index in [1.807, 2.05) is 20.0 Å². The van der Waals surface area contributed by atoms with E-state index in [2.05, 4.69) is 116 Å². The van der Waals surface area contributed by atoms with Gasteiger partial charge in [-0.1, -0.05) is 82.3 Å². The van der Waals surface area contributed by atoms with E-state index in [0.29, 0.717) is 89.7 Å². The number of esters is 4. The molecule has 13 rings (SSSR count). The van der Waals surface area contributed by atoms with E-state index in [9.17, 15) is 87.9 Å². The van der Waals surface area contributed by atoms with Crippen molar-refractivity contribution in [2.24, 2.45) is 11.5 Å². The quantitative estimate of drug-likeness (QED) is 0.0103. The van der Waals surface area contributed by atoms with Gasteiger partial charge in [-0.15, -0.1) is 47.5 Å². The number of ketones is 1.